The van der Waals surface area contributed by atoms with E-state index in [1.54, 1.807) is 0 Å². The first-order valence-electron chi connectivity index (χ1n) is 6.67. The lowest BCUT2D eigenvalue weighted by molar-refractivity contribution is 0.279. The number of rotatable bonds is 3. The van der Waals surface area contributed by atoms with Crippen molar-refractivity contribution in [2.75, 3.05) is 19.6 Å². The molecule has 3 atom stereocenters. The third-order valence-electron chi connectivity index (χ3n) is 4.41. The van der Waals surface area contributed by atoms with Crippen LogP contribution in [0.2, 0.25) is 0 Å². The first-order valence-corrected chi connectivity index (χ1v) is 6.67. The van der Waals surface area contributed by atoms with E-state index >= 15 is 0 Å². The topological polar surface area (TPSA) is 29.3 Å². The van der Waals surface area contributed by atoms with Gasteiger partial charge in [0.25, 0.3) is 0 Å². The minimum absolute atomic E-state index is 0. The smallest absolute Gasteiger partial charge is 0.0234 e. The summed E-state index contributed by atoms with van der Waals surface area (Å²) < 4.78 is 0. The van der Waals surface area contributed by atoms with Crippen LogP contribution >= 0.6 is 24.8 Å². The van der Waals surface area contributed by atoms with Crippen molar-refractivity contribution in [2.45, 2.75) is 20.4 Å². The van der Waals surface area contributed by atoms with Gasteiger partial charge in [-0.25, -0.2) is 0 Å². The molecule has 1 aliphatic heterocycles. The Bertz CT molecular complexity index is 404. The molecule has 2 fully saturated rings. The van der Waals surface area contributed by atoms with E-state index in [2.05, 4.69) is 36.9 Å². The van der Waals surface area contributed by atoms with Gasteiger partial charge in [0.2, 0.25) is 0 Å². The fraction of sp³-hybridized carbons (Fsp3) is 0.600. The normalized spacial score (nSPS) is 28.3. The Morgan fingerprint density at radius 3 is 2.05 bits per heavy atom. The molecule has 2 N–H and O–H groups in total. The summed E-state index contributed by atoms with van der Waals surface area (Å²) in [7, 11) is 0. The molecule has 0 aromatic heterocycles. The molecule has 4 heteroatoms. The third kappa shape index (κ3) is 3.43. The third-order valence-corrected chi connectivity index (χ3v) is 4.41. The fourth-order valence-electron chi connectivity index (χ4n) is 3.63. The molecule has 1 saturated carbocycles. The fourth-order valence-corrected chi connectivity index (χ4v) is 3.63. The van der Waals surface area contributed by atoms with E-state index in [-0.39, 0.29) is 24.8 Å². The second-order valence-electron chi connectivity index (χ2n) is 5.92. The van der Waals surface area contributed by atoms with Crippen molar-refractivity contribution in [3.63, 3.8) is 0 Å². The number of nitrogens with two attached hydrogens (primary N) is 1. The highest BCUT2D eigenvalue weighted by Crippen LogP contribution is 2.51. The highest BCUT2D eigenvalue weighted by Gasteiger charge is 2.54. The zero-order chi connectivity index (χ0) is 12.0. The Morgan fingerprint density at radius 1 is 1.05 bits per heavy atom. The molecule has 0 spiro atoms. The van der Waals surface area contributed by atoms with Gasteiger partial charge in [-0.05, 0) is 43.7 Å². The van der Waals surface area contributed by atoms with Gasteiger partial charge in [-0.15, -0.1) is 24.8 Å². The van der Waals surface area contributed by atoms with Crippen LogP contribution in [0.15, 0.2) is 18.2 Å². The van der Waals surface area contributed by atoms with Gasteiger partial charge in [-0.1, -0.05) is 29.3 Å². The number of nitrogens with zero attached hydrogens (tertiary/aromatic N) is 1. The van der Waals surface area contributed by atoms with Crippen LogP contribution < -0.4 is 5.73 Å². The molecule has 0 amide bonds. The Labute approximate surface area is 128 Å². The zero-order valence-corrected chi connectivity index (χ0v) is 13.3. The largest absolute Gasteiger partial charge is 0.330 e. The highest BCUT2D eigenvalue weighted by atomic mass is 35.5. The minimum atomic E-state index is 0. The second-order valence-corrected chi connectivity index (χ2v) is 5.92. The lowest BCUT2D eigenvalue weighted by Gasteiger charge is -2.19. The van der Waals surface area contributed by atoms with Gasteiger partial charge < -0.3 is 5.73 Å². The van der Waals surface area contributed by atoms with E-state index < -0.39 is 0 Å². The molecule has 0 radical (unpaired) electrons. The van der Waals surface area contributed by atoms with Gasteiger partial charge in [0, 0.05) is 19.6 Å². The Morgan fingerprint density at radius 2 is 1.58 bits per heavy atom. The van der Waals surface area contributed by atoms with E-state index in [0.717, 1.165) is 30.8 Å². The van der Waals surface area contributed by atoms with Crippen molar-refractivity contribution in [3.05, 3.63) is 34.9 Å². The van der Waals surface area contributed by atoms with Crippen LogP contribution in [-0.2, 0) is 6.54 Å². The summed E-state index contributed by atoms with van der Waals surface area (Å²) in [6.07, 6.45) is 0. The first-order chi connectivity index (χ1) is 8.17. The summed E-state index contributed by atoms with van der Waals surface area (Å²) in [6, 6.07) is 6.88. The maximum absolute atomic E-state index is 5.74. The maximum Gasteiger partial charge on any atom is 0.0234 e. The molecule has 1 heterocycles. The van der Waals surface area contributed by atoms with E-state index in [1.165, 1.54) is 29.8 Å². The molecule has 2 aliphatic rings. The maximum atomic E-state index is 5.74. The molecular weight excluding hydrogens is 279 g/mol. The summed E-state index contributed by atoms with van der Waals surface area (Å²) in [5.41, 5.74) is 9.97. The van der Waals surface area contributed by atoms with Crippen LogP contribution in [0.25, 0.3) is 0 Å². The van der Waals surface area contributed by atoms with E-state index in [4.69, 9.17) is 5.73 Å². The van der Waals surface area contributed by atoms with Gasteiger partial charge in [-0.3, -0.25) is 4.90 Å². The number of hydrogen-bond donors (Lipinski definition) is 1. The second kappa shape index (κ2) is 6.45. The van der Waals surface area contributed by atoms with Crippen LogP contribution in [0.1, 0.15) is 16.7 Å². The van der Waals surface area contributed by atoms with E-state index in [0.29, 0.717) is 0 Å². The predicted molar refractivity (Wildman–Crippen MR) is 85.2 cm³/mol. The first kappa shape index (κ1) is 16.8. The summed E-state index contributed by atoms with van der Waals surface area (Å²) in [5, 5.41) is 0. The van der Waals surface area contributed by atoms with E-state index in [9.17, 15) is 0 Å². The van der Waals surface area contributed by atoms with Crippen LogP contribution in [0, 0.1) is 31.6 Å². The van der Waals surface area contributed by atoms with Crippen molar-refractivity contribution < 1.29 is 0 Å². The van der Waals surface area contributed by atoms with Crippen LogP contribution in [0.3, 0.4) is 0 Å². The molecule has 1 aromatic carbocycles. The standard InChI is InChI=1S/C15H22N2.2ClH/c1-10-3-11(2)5-12(4-10)7-17-8-14-13(6-16)15(14)9-17;;/h3-5,13-15H,6-9,16H2,1-2H3;2*1H/t13?,14-,15+;;. The number of benzene rings is 1. The van der Waals surface area contributed by atoms with Crippen molar-refractivity contribution in [1.29, 1.82) is 0 Å². The van der Waals surface area contributed by atoms with Gasteiger partial charge in [0.05, 0.1) is 0 Å². The molecule has 2 nitrogen and oxygen atoms in total. The molecule has 1 aliphatic carbocycles. The number of aryl methyl sites for hydroxylation is 2. The van der Waals surface area contributed by atoms with Crippen LogP contribution in [0.4, 0.5) is 0 Å². The molecule has 3 rings (SSSR count). The van der Waals surface area contributed by atoms with Gasteiger partial charge in [0.15, 0.2) is 0 Å². The average molecular weight is 303 g/mol. The summed E-state index contributed by atoms with van der Waals surface area (Å²) in [4.78, 5) is 2.59. The monoisotopic (exact) mass is 302 g/mol. The lowest BCUT2D eigenvalue weighted by atomic mass is 10.1. The van der Waals surface area contributed by atoms with Crippen molar-refractivity contribution in [3.8, 4) is 0 Å². The number of likely N-dealkylation sites (tertiary alicyclic amines) is 1. The van der Waals surface area contributed by atoms with Gasteiger partial charge >= 0.3 is 0 Å². The lowest BCUT2D eigenvalue weighted by Crippen LogP contribution is -2.25. The quantitative estimate of drug-likeness (QED) is 0.930. The zero-order valence-electron chi connectivity index (χ0n) is 11.6. The van der Waals surface area contributed by atoms with Gasteiger partial charge in [0.1, 0.15) is 0 Å². The molecule has 1 unspecified atom stereocenters. The van der Waals surface area contributed by atoms with Crippen molar-refractivity contribution >= 4 is 24.8 Å². The molecule has 19 heavy (non-hydrogen) atoms. The number of fused-ring (bicyclic) bond motifs is 1. The minimum Gasteiger partial charge on any atom is -0.330 e. The predicted octanol–water partition coefficient (Wildman–Crippen LogP) is 2.78. The average Bonchev–Trinajstić information content (AvgIpc) is 2.72. The Hall–Kier alpha value is -0.280. The molecule has 1 saturated heterocycles. The molecule has 0 bridgehead atoms. The van der Waals surface area contributed by atoms with Crippen molar-refractivity contribution in [1.82, 2.24) is 4.90 Å². The molecular formula is C15H24Cl2N2. The molecule has 108 valence electrons. The van der Waals surface area contributed by atoms with Gasteiger partial charge in [-0.2, -0.15) is 0 Å². The Kier molecular flexibility index (Phi) is 5.69. The molecule has 1 aromatic rings. The number of hydrogen-bond acceptors (Lipinski definition) is 2. The summed E-state index contributed by atoms with van der Waals surface area (Å²) in [6.45, 7) is 8.91. The van der Waals surface area contributed by atoms with E-state index in [1.807, 2.05) is 0 Å². The highest BCUT2D eigenvalue weighted by molar-refractivity contribution is 5.85. The number of piperidine rings is 1. The van der Waals surface area contributed by atoms with Crippen LogP contribution in [0.5, 0.6) is 0 Å². The Balaban J connectivity index is 0.000000902. The van der Waals surface area contributed by atoms with Crippen LogP contribution in [-0.4, -0.2) is 24.5 Å². The summed E-state index contributed by atoms with van der Waals surface area (Å²) in [5.74, 6) is 2.65. The number of halogens is 2. The SMILES string of the molecule is Cc1cc(C)cc(CN2C[C@@H]3C(CN)[C@@H]3C2)c1.Cl.Cl. The van der Waals surface area contributed by atoms with Crippen molar-refractivity contribution in [2.24, 2.45) is 23.5 Å². The summed E-state index contributed by atoms with van der Waals surface area (Å²) >= 11 is 0.